The molecule has 0 aromatic heterocycles. The highest BCUT2D eigenvalue weighted by Gasteiger charge is 2.16. The fourth-order valence-corrected chi connectivity index (χ4v) is 1.20. The second-order valence-electron chi connectivity index (χ2n) is 3.68. The van der Waals surface area contributed by atoms with Crippen LogP contribution in [0.3, 0.4) is 0 Å². The van der Waals surface area contributed by atoms with Crippen molar-refractivity contribution in [1.29, 1.82) is 0 Å². The molecule has 0 radical (unpaired) electrons. The third-order valence-corrected chi connectivity index (χ3v) is 2.23. The molecule has 0 amide bonds. The lowest BCUT2D eigenvalue weighted by atomic mass is 10.1. The lowest BCUT2D eigenvalue weighted by Crippen LogP contribution is -2.18. The van der Waals surface area contributed by atoms with Crippen molar-refractivity contribution in [3.63, 3.8) is 0 Å². The molecule has 0 heterocycles. The fourth-order valence-electron chi connectivity index (χ4n) is 1.20. The molecule has 0 unspecified atom stereocenters. The number of aryl methyl sites for hydroxylation is 1. The number of rotatable bonds is 5. The third kappa shape index (κ3) is 5.62. The Bertz CT molecular complexity index is 366. The summed E-state index contributed by atoms with van der Waals surface area (Å²) < 4.78 is 4.84. The van der Waals surface area contributed by atoms with Crippen molar-refractivity contribution in [3.8, 4) is 0 Å². The summed E-state index contributed by atoms with van der Waals surface area (Å²) in [5.41, 5.74) is 1.43. The number of ether oxygens (including phenoxy) is 1. The van der Waals surface area contributed by atoms with Crippen LogP contribution in [0, 0.1) is 6.92 Å². The van der Waals surface area contributed by atoms with Gasteiger partial charge in [0.2, 0.25) is 0 Å². The van der Waals surface area contributed by atoms with Gasteiger partial charge in [-0.1, -0.05) is 57.0 Å². The number of carbonyl (C=O) groups excluding carboxylic acids is 2. The molecular weight excluding hydrogens is 228 g/mol. The highest BCUT2D eigenvalue weighted by molar-refractivity contribution is 6.40. The van der Waals surface area contributed by atoms with Crippen LogP contribution in [0.5, 0.6) is 0 Å². The molecule has 1 rings (SSSR count). The van der Waals surface area contributed by atoms with Gasteiger partial charge in [-0.05, 0) is 13.3 Å². The minimum absolute atomic E-state index is 0.312. The van der Waals surface area contributed by atoms with Crippen LogP contribution >= 0.6 is 0 Å². The number of ketones is 1. The van der Waals surface area contributed by atoms with Gasteiger partial charge in [-0.2, -0.15) is 0 Å². The highest BCUT2D eigenvalue weighted by atomic mass is 16.5. The molecule has 18 heavy (non-hydrogen) atoms. The molecule has 0 fully saturated rings. The Kier molecular flexibility index (Phi) is 8.54. The molecule has 100 valence electrons. The van der Waals surface area contributed by atoms with E-state index in [0.29, 0.717) is 12.2 Å². The van der Waals surface area contributed by atoms with Gasteiger partial charge < -0.3 is 4.74 Å². The Morgan fingerprint density at radius 3 is 2.17 bits per heavy atom. The first-order chi connectivity index (χ1) is 8.65. The number of esters is 1. The lowest BCUT2D eigenvalue weighted by molar-refractivity contribution is -0.138. The van der Waals surface area contributed by atoms with Gasteiger partial charge in [0.25, 0.3) is 5.78 Å². The van der Waals surface area contributed by atoms with Crippen molar-refractivity contribution in [2.24, 2.45) is 0 Å². The zero-order valence-electron chi connectivity index (χ0n) is 11.7. The van der Waals surface area contributed by atoms with E-state index in [0.717, 1.165) is 18.4 Å². The molecule has 0 bridgehead atoms. The second kappa shape index (κ2) is 9.40. The van der Waals surface area contributed by atoms with Gasteiger partial charge >= 0.3 is 5.97 Å². The van der Waals surface area contributed by atoms with Gasteiger partial charge in [0.1, 0.15) is 0 Å². The molecule has 3 heteroatoms. The number of hydrogen-bond donors (Lipinski definition) is 0. The molecule has 0 saturated heterocycles. The zero-order valence-corrected chi connectivity index (χ0v) is 11.7. The molecule has 3 nitrogen and oxygen atoms in total. The standard InChI is InChI=1S/C13H16O3.C2H6/c1-3-4-9-16-13(15)12(14)11-7-5-10(2)6-8-11;1-2/h5-8H,3-4,9H2,1-2H3;1-2H3. The van der Waals surface area contributed by atoms with E-state index in [4.69, 9.17) is 4.74 Å². The van der Waals surface area contributed by atoms with E-state index in [1.807, 2.05) is 27.7 Å². The normalized spacial score (nSPS) is 9.11. The Balaban J connectivity index is 0.00000137. The molecule has 0 aliphatic carbocycles. The predicted octanol–water partition coefficient (Wildman–Crippen LogP) is 3.55. The molecule has 0 N–H and O–H groups in total. The van der Waals surface area contributed by atoms with Crippen molar-refractivity contribution >= 4 is 11.8 Å². The van der Waals surface area contributed by atoms with Crippen molar-refractivity contribution in [1.82, 2.24) is 0 Å². The summed E-state index contributed by atoms with van der Waals surface area (Å²) in [6.07, 6.45) is 1.72. The fraction of sp³-hybridized carbons (Fsp3) is 0.467. The van der Waals surface area contributed by atoms with Crippen LogP contribution in [0.4, 0.5) is 0 Å². The minimum atomic E-state index is -0.766. The average molecular weight is 250 g/mol. The van der Waals surface area contributed by atoms with Gasteiger partial charge in [0, 0.05) is 5.56 Å². The topological polar surface area (TPSA) is 43.4 Å². The molecule has 0 saturated carbocycles. The first kappa shape index (κ1) is 16.4. The summed E-state index contributed by atoms with van der Waals surface area (Å²) in [4.78, 5) is 22.9. The van der Waals surface area contributed by atoms with Gasteiger partial charge in [-0.3, -0.25) is 4.79 Å². The van der Waals surface area contributed by atoms with Gasteiger partial charge in [-0.25, -0.2) is 4.79 Å². The minimum Gasteiger partial charge on any atom is -0.460 e. The van der Waals surface area contributed by atoms with Crippen molar-refractivity contribution in [2.75, 3.05) is 6.61 Å². The van der Waals surface area contributed by atoms with E-state index < -0.39 is 11.8 Å². The SMILES string of the molecule is CC.CCCCOC(=O)C(=O)c1ccc(C)cc1. The summed E-state index contributed by atoms with van der Waals surface area (Å²) in [6, 6.07) is 6.87. The first-order valence-corrected chi connectivity index (χ1v) is 6.43. The van der Waals surface area contributed by atoms with Gasteiger partial charge in [0.05, 0.1) is 6.61 Å². The largest absolute Gasteiger partial charge is 0.460 e. The van der Waals surface area contributed by atoms with Crippen LogP contribution < -0.4 is 0 Å². The maximum absolute atomic E-state index is 11.6. The number of Topliss-reactive ketones (excluding diaryl/α,β-unsaturated/α-hetero) is 1. The Morgan fingerprint density at radius 2 is 1.67 bits per heavy atom. The molecule has 0 atom stereocenters. The van der Waals surface area contributed by atoms with Crippen LogP contribution in [0.25, 0.3) is 0 Å². The summed E-state index contributed by atoms with van der Waals surface area (Å²) in [7, 11) is 0. The Hall–Kier alpha value is -1.64. The lowest BCUT2D eigenvalue weighted by Gasteiger charge is -2.03. The molecule has 0 aliphatic rings. The molecule has 1 aromatic rings. The Labute approximate surface area is 109 Å². The first-order valence-electron chi connectivity index (χ1n) is 6.43. The second-order valence-corrected chi connectivity index (χ2v) is 3.68. The van der Waals surface area contributed by atoms with Crippen LogP contribution in [0.15, 0.2) is 24.3 Å². The predicted molar refractivity (Wildman–Crippen MR) is 72.7 cm³/mol. The van der Waals surface area contributed by atoms with E-state index in [1.165, 1.54) is 0 Å². The summed E-state index contributed by atoms with van der Waals surface area (Å²) in [6.45, 7) is 8.23. The maximum Gasteiger partial charge on any atom is 0.379 e. The molecule has 1 aromatic carbocycles. The van der Waals surface area contributed by atoms with Crippen molar-refractivity contribution < 1.29 is 14.3 Å². The van der Waals surface area contributed by atoms with Crippen LogP contribution in [-0.2, 0) is 9.53 Å². The summed E-state index contributed by atoms with van der Waals surface area (Å²) >= 11 is 0. The third-order valence-electron chi connectivity index (χ3n) is 2.23. The molecular formula is C15H22O3. The number of unbranched alkanes of at least 4 members (excludes halogenated alkanes) is 1. The van der Waals surface area contributed by atoms with E-state index >= 15 is 0 Å². The number of hydrogen-bond acceptors (Lipinski definition) is 3. The quantitative estimate of drug-likeness (QED) is 0.347. The number of carbonyl (C=O) groups is 2. The van der Waals surface area contributed by atoms with E-state index in [-0.39, 0.29) is 0 Å². The maximum atomic E-state index is 11.6. The highest BCUT2D eigenvalue weighted by Crippen LogP contribution is 2.05. The Morgan fingerprint density at radius 1 is 1.11 bits per heavy atom. The number of benzene rings is 1. The smallest absolute Gasteiger partial charge is 0.379 e. The van der Waals surface area contributed by atoms with Crippen molar-refractivity contribution in [3.05, 3.63) is 35.4 Å². The van der Waals surface area contributed by atoms with E-state index in [9.17, 15) is 9.59 Å². The van der Waals surface area contributed by atoms with Crippen LogP contribution in [0.1, 0.15) is 49.5 Å². The van der Waals surface area contributed by atoms with Gasteiger partial charge in [-0.15, -0.1) is 0 Å². The molecule has 0 aliphatic heterocycles. The van der Waals surface area contributed by atoms with Gasteiger partial charge in [0.15, 0.2) is 0 Å². The van der Waals surface area contributed by atoms with Crippen molar-refractivity contribution in [2.45, 2.75) is 40.5 Å². The summed E-state index contributed by atoms with van der Waals surface area (Å²) in [5.74, 6) is -1.34. The van der Waals surface area contributed by atoms with E-state index in [2.05, 4.69) is 0 Å². The molecule has 0 spiro atoms. The van der Waals surface area contributed by atoms with Crippen LogP contribution in [-0.4, -0.2) is 18.4 Å². The van der Waals surface area contributed by atoms with E-state index in [1.54, 1.807) is 24.3 Å². The van der Waals surface area contributed by atoms with Crippen LogP contribution in [0.2, 0.25) is 0 Å². The monoisotopic (exact) mass is 250 g/mol. The average Bonchev–Trinajstić information content (AvgIpc) is 2.41. The zero-order chi connectivity index (χ0) is 14.0. The summed E-state index contributed by atoms with van der Waals surface area (Å²) in [5, 5.41) is 0.